The molecule has 2 saturated heterocycles. The maximum atomic E-state index is 7.16. The van der Waals surface area contributed by atoms with Crippen LogP contribution in [0.15, 0.2) is 60.7 Å². The van der Waals surface area contributed by atoms with E-state index in [9.17, 15) is 0 Å². The van der Waals surface area contributed by atoms with Gasteiger partial charge in [0.2, 0.25) is 0 Å². The lowest BCUT2D eigenvalue weighted by Crippen LogP contribution is -2.19. The maximum Gasteiger partial charge on any atom is 0.150 e. The molecule has 2 fully saturated rings. The zero-order valence-corrected chi connectivity index (χ0v) is 18.8. The zero-order valence-electron chi connectivity index (χ0n) is 17.0. The molecule has 146 valence electrons. The van der Waals surface area contributed by atoms with Crippen molar-refractivity contribution in [1.82, 2.24) is 0 Å². The normalized spacial score (nSPS) is 32.6. The van der Waals surface area contributed by atoms with Crippen LogP contribution in [0.4, 0.5) is 0 Å². The SMILES string of the molecule is [CH][P+]1(CC[P+]2([CH])CCC[C@H]2Cc2ccccc2)CCC[C@H]1Cc1ccccc1. The van der Waals surface area contributed by atoms with Crippen LogP contribution in [-0.4, -0.2) is 36.0 Å². The number of benzene rings is 2. The third-order valence-corrected chi connectivity index (χ3v) is 15.8. The van der Waals surface area contributed by atoms with Crippen molar-refractivity contribution < 1.29 is 0 Å². The van der Waals surface area contributed by atoms with E-state index in [4.69, 9.17) is 13.3 Å². The van der Waals surface area contributed by atoms with E-state index in [0.29, 0.717) is 0 Å². The molecule has 2 aliphatic heterocycles. The Hall–Kier alpha value is -0.700. The van der Waals surface area contributed by atoms with Crippen molar-refractivity contribution in [3.63, 3.8) is 0 Å². The Morgan fingerprint density at radius 2 is 1.04 bits per heavy atom. The highest BCUT2D eigenvalue weighted by Crippen LogP contribution is 2.74. The zero-order chi connectivity index (χ0) is 19.5. The van der Waals surface area contributed by atoms with Crippen LogP contribution in [0.25, 0.3) is 0 Å². The summed E-state index contributed by atoms with van der Waals surface area (Å²) in [6.45, 7) is 14.3. The van der Waals surface area contributed by atoms with Crippen LogP contribution < -0.4 is 0 Å². The molecular formula is C26H34P2+2. The van der Waals surface area contributed by atoms with Crippen LogP contribution in [-0.2, 0) is 12.8 Å². The number of rotatable bonds is 7. The second kappa shape index (κ2) is 8.98. The molecule has 2 aromatic rings. The fourth-order valence-electron chi connectivity index (χ4n) is 5.42. The van der Waals surface area contributed by atoms with Gasteiger partial charge in [-0.1, -0.05) is 60.7 Å². The molecule has 4 radical (unpaired) electrons. The van der Waals surface area contributed by atoms with Crippen molar-refractivity contribution in [1.29, 1.82) is 0 Å². The Bertz CT molecular complexity index is 678. The molecule has 2 unspecified atom stereocenters. The quantitative estimate of drug-likeness (QED) is 0.426. The van der Waals surface area contributed by atoms with Crippen LogP contribution in [0.3, 0.4) is 0 Å². The van der Waals surface area contributed by atoms with E-state index in [1.807, 2.05) is 0 Å². The molecule has 2 aliphatic rings. The highest BCUT2D eigenvalue weighted by molar-refractivity contribution is 7.81. The van der Waals surface area contributed by atoms with Gasteiger partial charge in [0.25, 0.3) is 0 Å². The van der Waals surface area contributed by atoms with Gasteiger partial charge in [-0.3, -0.25) is 0 Å². The minimum absolute atomic E-state index is 0.719. The Balaban J connectivity index is 1.40. The average molecular weight is 409 g/mol. The molecule has 4 atom stereocenters. The van der Waals surface area contributed by atoms with Crippen molar-refractivity contribution in [2.24, 2.45) is 0 Å². The largest absolute Gasteiger partial charge is 0.150 e. The van der Waals surface area contributed by atoms with Gasteiger partial charge < -0.3 is 0 Å². The fourth-order valence-corrected chi connectivity index (χ4v) is 14.4. The second-order valence-corrected chi connectivity index (χ2v) is 16.7. The summed E-state index contributed by atoms with van der Waals surface area (Å²) in [6.07, 6.45) is 12.7. The van der Waals surface area contributed by atoms with Gasteiger partial charge in [-0.15, -0.1) is 0 Å². The van der Waals surface area contributed by atoms with Crippen LogP contribution in [0.1, 0.15) is 36.8 Å². The van der Waals surface area contributed by atoms with E-state index < -0.39 is 14.5 Å². The Labute approximate surface area is 174 Å². The summed E-state index contributed by atoms with van der Waals surface area (Å²) >= 11 is 0. The third kappa shape index (κ3) is 4.71. The second-order valence-electron chi connectivity index (χ2n) is 9.07. The Morgan fingerprint density at radius 3 is 1.43 bits per heavy atom. The molecule has 0 spiro atoms. The van der Waals surface area contributed by atoms with Gasteiger partial charge in [-0.05, 0) is 36.8 Å². The highest BCUT2D eigenvalue weighted by Gasteiger charge is 2.52. The summed E-state index contributed by atoms with van der Waals surface area (Å²) in [5.41, 5.74) is 4.36. The average Bonchev–Trinajstić information content (AvgIpc) is 3.26. The summed E-state index contributed by atoms with van der Waals surface area (Å²) in [6, 6.07) is 21.9. The molecule has 0 nitrogen and oxygen atoms in total. The first-order valence-corrected chi connectivity index (χ1v) is 15.6. The lowest BCUT2D eigenvalue weighted by Gasteiger charge is -2.29. The standard InChI is InChI=1S/C26H34P2/c1-27(17-9-15-25(27)21-23-11-5-3-6-12-23)19-20-28(2)18-10-16-26(28)22-24-13-7-4-8-14-24/h1-8,11-14,25-26H,9-10,15-22H2/q+2/t25-,26-,27?,28?/m0/s1. The summed E-state index contributed by atoms with van der Waals surface area (Å²) in [4.78, 5) is 0. The van der Waals surface area contributed by atoms with Crippen LogP contribution in [0, 0.1) is 13.3 Å². The van der Waals surface area contributed by atoms with Gasteiger partial charge in [-0.25, -0.2) is 0 Å². The molecular weight excluding hydrogens is 374 g/mol. The van der Waals surface area contributed by atoms with E-state index in [1.54, 1.807) is 0 Å². The molecule has 4 rings (SSSR count). The number of hydrogen-bond acceptors (Lipinski definition) is 0. The number of hydrogen-bond donors (Lipinski definition) is 0. The molecule has 0 aromatic heterocycles. The minimum atomic E-state index is -1.35. The molecule has 2 heteroatoms. The molecule has 28 heavy (non-hydrogen) atoms. The summed E-state index contributed by atoms with van der Waals surface area (Å²) in [5, 5.41) is 0. The molecule has 0 amide bonds. The van der Waals surface area contributed by atoms with Crippen molar-refractivity contribution in [2.75, 3.05) is 24.6 Å². The van der Waals surface area contributed by atoms with E-state index in [2.05, 4.69) is 60.7 Å². The molecule has 0 N–H and O–H groups in total. The molecule has 0 bridgehead atoms. The monoisotopic (exact) mass is 408 g/mol. The first kappa shape index (κ1) is 20.6. The third-order valence-electron chi connectivity index (χ3n) is 7.24. The predicted octanol–water partition coefficient (Wildman–Crippen LogP) is 7.17. The predicted molar refractivity (Wildman–Crippen MR) is 128 cm³/mol. The van der Waals surface area contributed by atoms with Crippen molar-refractivity contribution in [2.45, 2.75) is 49.8 Å². The molecule has 2 heterocycles. The van der Waals surface area contributed by atoms with E-state index >= 15 is 0 Å². The summed E-state index contributed by atoms with van der Waals surface area (Å²) in [5.74, 6) is 0. The fraction of sp³-hybridized carbons (Fsp3) is 0.462. The van der Waals surface area contributed by atoms with Crippen molar-refractivity contribution >= 4 is 14.5 Å². The van der Waals surface area contributed by atoms with Gasteiger partial charge >= 0.3 is 0 Å². The smallest absolute Gasteiger partial charge is 0.0622 e. The Kier molecular flexibility index (Phi) is 6.60. The van der Waals surface area contributed by atoms with Gasteiger partial charge in [-0.2, -0.15) is 0 Å². The molecule has 2 aromatic carbocycles. The summed E-state index contributed by atoms with van der Waals surface area (Å²) < 4.78 is 0. The molecule has 0 aliphatic carbocycles. The van der Waals surface area contributed by atoms with Gasteiger partial charge in [0.1, 0.15) is 0 Å². The van der Waals surface area contributed by atoms with Crippen LogP contribution in [0.2, 0.25) is 0 Å². The van der Waals surface area contributed by atoms with Gasteiger partial charge in [0.05, 0.1) is 36.0 Å². The molecule has 0 saturated carbocycles. The topological polar surface area (TPSA) is 0 Å². The Morgan fingerprint density at radius 1 is 0.643 bits per heavy atom. The van der Waals surface area contributed by atoms with E-state index in [-0.39, 0.29) is 0 Å². The van der Waals surface area contributed by atoms with Crippen LogP contribution >= 0.6 is 14.5 Å². The van der Waals surface area contributed by atoms with Crippen molar-refractivity contribution in [3.05, 3.63) is 85.1 Å². The highest BCUT2D eigenvalue weighted by atomic mass is 31.2. The summed E-state index contributed by atoms with van der Waals surface area (Å²) in [7, 11) is -2.70. The lowest BCUT2D eigenvalue weighted by molar-refractivity contribution is 0.769. The van der Waals surface area contributed by atoms with Crippen LogP contribution in [0.5, 0.6) is 0 Å². The van der Waals surface area contributed by atoms with E-state index in [1.165, 1.54) is 74.3 Å². The lowest BCUT2D eigenvalue weighted by atomic mass is 10.1. The van der Waals surface area contributed by atoms with E-state index in [0.717, 1.165) is 11.3 Å². The van der Waals surface area contributed by atoms with Crippen molar-refractivity contribution in [3.8, 4) is 0 Å². The first-order valence-electron chi connectivity index (χ1n) is 11.0. The maximum absolute atomic E-state index is 7.16. The minimum Gasteiger partial charge on any atom is -0.0622 e. The van der Waals surface area contributed by atoms with Gasteiger partial charge in [0.15, 0.2) is 13.3 Å². The first-order chi connectivity index (χ1) is 13.6. The van der Waals surface area contributed by atoms with Gasteiger partial charge in [0, 0.05) is 27.4 Å².